The van der Waals surface area contributed by atoms with Crippen LogP contribution in [-0.2, 0) is 27.8 Å². The summed E-state index contributed by atoms with van der Waals surface area (Å²) in [6.45, 7) is 9.20. The van der Waals surface area contributed by atoms with Crippen molar-refractivity contribution in [1.29, 1.82) is 0 Å². The monoisotopic (exact) mass is 484 g/mol. The summed E-state index contributed by atoms with van der Waals surface area (Å²) in [5.74, 6) is 2.35. The zero-order valence-corrected chi connectivity index (χ0v) is 21.0. The highest BCUT2D eigenvalue weighted by molar-refractivity contribution is 7.84. The largest absolute Gasteiger partial charge is 0.490 e. The molecule has 34 heavy (non-hydrogen) atoms. The average Bonchev–Trinajstić information content (AvgIpc) is 3.15. The van der Waals surface area contributed by atoms with E-state index in [0.717, 1.165) is 16.7 Å². The molecule has 0 aliphatic heterocycles. The second-order valence-corrected chi connectivity index (χ2v) is 9.32. The van der Waals surface area contributed by atoms with Crippen LogP contribution < -0.4 is 14.8 Å². The quantitative estimate of drug-likeness (QED) is 0.411. The predicted octanol–water partition coefficient (Wildman–Crippen LogP) is 4.36. The van der Waals surface area contributed by atoms with Crippen molar-refractivity contribution in [2.24, 2.45) is 0 Å². The zero-order chi connectivity index (χ0) is 24.5. The number of benzene rings is 2. The summed E-state index contributed by atoms with van der Waals surface area (Å²) in [6, 6.07) is 13.6. The highest BCUT2D eigenvalue weighted by Crippen LogP contribution is 2.28. The van der Waals surface area contributed by atoms with Crippen LogP contribution in [0.3, 0.4) is 0 Å². The zero-order valence-electron chi connectivity index (χ0n) is 20.2. The number of amides is 1. The van der Waals surface area contributed by atoms with E-state index in [0.29, 0.717) is 55.0 Å². The topological polar surface area (TPSA) is 90.7 Å². The number of oxazole rings is 1. The minimum atomic E-state index is -1.39. The fourth-order valence-corrected chi connectivity index (χ4v) is 4.53. The lowest BCUT2D eigenvalue weighted by Gasteiger charge is -2.12. The van der Waals surface area contributed by atoms with Crippen LogP contribution in [0.2, 0.25) is 0 Å². The molecular formula is C26H32N2O5S. The lowest BCUT2D eigenvalue weighted by atomic mass is 10.1. The van der Waals surface area contributed by atoms with Crippen LogP contribution in [0.1, 0.15) is 36.4 Å². The number of hydrogen-bond acceptors (Lipinski definition) is 6. The molecule has 0 fully saturated rings. The molecule has 0 saturated heterocycles. The van der Waals surface area contributed by atoms with Gasteiger partial charge in [-0.15, -0.1) is 0 Å². The maximum absolute atomic E-state index is 12.6. The van der Waals surface area contributed by atoms with Gasteiger partial charge in [0.2, 0.25) is 11.8 Å². The molecule has 7 nitrogen and oxygen atoms in total. The number of nitrogens with zero attached hydrogens (tertiary/aromatic N) is 1. The maximum Gasteiger partial charge on any atom is 0.232 e. The maximum atomic E-state index is 12.6. The van der Waals surface area contributed by atoms with E-state index in [1.165, 1.54) is 0 Å². The Balaban J connectivity index is 1.49. The number of aryl methyl sites for hydroxylation is 2. The van der Waals surface area contributed by atoms with Crippen molar-refractivity contribution in [3.8, 4) is 23.0 Å². The van der Waals surface area contributed by atoms with E-state index in [9.17, 15) is 9.00 Å². The molecule has 3 aromatic rings. The Morgan fingerprint density at radius 3 is 2.56 bits per heavy atom. The number of aromatic nitrogens is 1. The SMILES string of the molecule is CCOc1ccc(CCNC(=O)C[S@@](=O)Cc2nc(-c3cccc(C)c3)oc2C)cc1OCC. The summed E-state index contributed by atoms with van der Waals surface area (Å²) in [4.78, 5) is 16.8. The van der Waals surface area contributed by atoms with Crippen molar-refractivity contribution in [2.45, 2.75) is 39.9 Å². The molecular weight excluding hydrogens is 452 g/mol. The fourth-order valence-electron chi connectivity index (χ4n) is 3.46. The smallest absolute Gasteiger partial charge is 0.232 e. The summed E-state index contributed by atoms with van der Waals surface area (Å²) in [5, 5.41) is 2.84. The third-order valence-corrected chi connectivity index (χ3v) is 6.27. The van der Waals surface area contributed by atoms with Crippen molar-refractivity contribution in [1.82, 2.24) is 10.3 Å². The Labute approximate surface area is 203 Å². The fraction of sp³-hybridized carbons (Fsp3) is 0.385. The Morgan fingerprint density at radius 1 is 1.06 bits per heavy atom. The lowest BCUT2D eigenvalue weighted by molar-refractivity contribution is -0.118. The molecule has 0 spiro atoms. The molecule has 2 aromatic carbocycles. The predicted molar refractivity (Wildman–Crippen MR) is 134 cm³/mol. The first kappa shape index (κ1) is 25.5. The van der Waals surface area contributed by atoms with Gasteiger partial charge in [-0.2, -0.15) is 0 Å². The molecule has 0 radical (unpaired) electrons. The highest BCUT2D eigenvalue weighted by atomic mass is 32.2. The Morgan fingerprint density at radius 2 is 1.82 bits per heavy atom. The van der Waals surface area contributed by atoms with Crippen LogP contribution in [0, 0.1) is 13.8 Å². The molecule has 0 unspecified atom stereocenters. The molecule has 0 aliphatic rings. The van der Waals surface area contributed by atoms with E-state index in [2.05, 4.69) is 10.3 Å². The minimum Gasteiger partial charge on any atom is -0.490 e. The lowest BCUT2D eigenvalue weighted by Crippen LogP contribution is -2.30. The third-order valence-electron chi connectivity index (χ3n) is 5.09. The highest BCUT2D eigenvalue weighted by Gasteiger charge is 2.16. The number of hydrogen-bond donors (Lipinski definition) is 1. The first-order chi connectivity index (χ1) is 16.4. The molecule has 182 valence electrons. The van der Waals surface area contributed by atoms with Crippen LogP contribution in [-0.4, -0.2) is 40.6 Å². The van der Waals surface area contributed by atoms with Gasteiger partial charge in [0, 0.05) is 22.9 Å². The number of nitrogens with one attached hydrogen (secondary N) is 1. The van der Waals surface area contributed by atoms with Gasteiger partial charge >= 0.3 is 0 Å². The summed E-state index contributed by atoms with van der Waals surface area (Å²) < 4.78 is 29.5. The molecule has 1 amide bonds. The Bertz CT molecular complexity index is 1140. The average molecular weight is 485 g/mol. The van der Waals surface area contributed by atoms with Crippen LogP contribution in [0.25, 0.3) is 11.5 Å². The molecule has 0 bridgehead atoms. The molecule has 1 aromatic heterocycles. The van der Waals surface area contributed by atoms with Gasteiger partial charge in [-0.05, 0) is 63.9 Å². The van der Waals surface area contributed by atoms with E-state index in [-0.39, 0.29) is 17.4 Å². The molecule has 1 atom stereocenters. The number of carbonyl (C=O) groups is 1. The first-order valence-electron chi connectivity index (χ1n) is 11.4. The van der Waals surface area contributed by atoms with Crippen LogP contribution in [0.15, 0.2) is 46.9 Å². The van der Waals surface area contributed by atoms with Crippen molar-refractivity contribution in [2.75, 3.05) is 25.5 Å². The number of rotatable bonds is 12. The first-order valence-corrected chi connectivity index (χ1v) is 12.9. The van der Waals surface area contributed by atoms with Crippen LogP contribution in [0.4, 0.5) is 0 Å². The second-order valence-electron chi connectivity index (χ2n) is 7.87. The summed E-state index contributed by atoms with van der Waals surface area (Å²) in [6.07, 6.45) is 0.632. The molecule has 1 heterocycles. The van der Waals surface area contributed by atoms with Gasteiger partial charge in [0.25, 0.3) is 0 Å². The van der Waals surface area contributed by atoms with Crippen LogP contribution in [0.5, 0.6) is 11.5 Å². The van der Waals surface area contributed by atoms with E-state index < -0.39 is 10.8 Å². The van der Waals surface area contributed by atoms with E-state index >= 15 is 0 Å². The van der Waals surface area contributed by atoms with E-state index in [1.807, 2.05) is 63.2 Å². The third kappa shape index (κ3) is 7.18. The van der Waals surface area contributed by atoms with Crippen molar-refractivity contribution in [3.05, 3.63) is 65.0 Å². The van der Waals surface area contributed by atoms with Gasteiger partial charge in [-0.25, -0.2) is 4.98 Å². The summed E-state index contributed by atoms with van der Waals surface area (Å²) >= 11 is 0. The normalized spacial score (nSPS) is 11.8. The van der Waals surface area contributed by atoms with Gasteiger partial charge in [-0.1, -0.05) is 23.8 Å². The van der Waals surface area contributed by atoms with Gasteiger partial charge < -0.3 is 19.2 Å². The number of ether oxygens (including phenoxy) is 2. The van der Waals surface area contributed by atoms with Crippen molar-refractivity contribution < 1.29 is 22.9 Å². The molecule has 0 aliphatic carbocycles. The molecule has 0 saturated carbocycles. The molecule has 8 heteroatoms. The summed E-state index contributed by atoms with van der Waals surface area (Å²) in [7, 11) is -1.39. The standard InChI is InChI=1S/C26H32N2O5S/c1-5-31-23-11-10-20(15-24(23)32-6-2)12-13-27-25(29)17-34(30)16-22-19(4)33-26(28-22)21-9-7-8-18(3)14-21/h7-11,14-15H,5-6,12-13,16-17H2,1-4H3,(H,27,29)/t34-/m0/s1. The molecule has 3 rings (SSSR count). The molecule has 1 N–H and O–H groups in total. The van der Waals surface area contributed by atoms with Crippen molar-refractivity contribution >= 4 is 16.7 Å². The van der Waals surface area contributed by atoms with Gasteiger partial charge in [0.05, 0.1) is 24.7 Å². The second kappa shape index (κ2) is 12.4. The van der Waals surface area contributed by atoms with E-state index in [1.54, 1.807) is 6.92 Å². The Hall–Kier alpha value is -3.13. The van der Waals surface area contributed by atoms with Gasteiger partial charge in [0.1, 0.15) is 11.5 Å². The van der Waals surface area contributed by atoms with Gasteiger partial charge in [-0.3, -0.25) is 9.00 Å². The minimum absolute atomic E-state index is 0.0838. The van der Waals surface area contributed by atoms with Gasteiger partial charge in [0.15, 0.2) is 11.5 Å². The van der Waals surface area contributed by atoms with Crippen LogP contribution >= 0.6 is 0 Å². The Kier molecular flexibility index (Phi) is 9.27. The van der Waals surface area contributed by atoms with Crippen molar-refractivity contribution in [3.63, 3.8) is 0 Å². The summed E-state index contributed by atoms with van der Waals surface area (Å²) in [5.41, 5.74) is 3.62. The van der Waals surface area contributed by atoms with E-state index in [4.69, 9.17) is 13.9 Å². The number of carbonyl (C=O) groups excluding carboxylic acids is 1.